The molecular weight excluding hydrogens is 144 g/mol. The Balaban J connectivity index is 1.96. The Morgan fingerprint density at radius 2 is 2.18 bits per heavy atom. The van der Waals surface area contributed by atoms with E-state index in [1.165, 1.54) is 0 Å². The average Bonchev–Trinajstić information content (AvgIpc) is 2.07. The molecule has 0 amide bonds. The van der Waals surface area contributed by atoms with Gasteiger partial charge in [-0.1, -0.05) is 0 Å². The van der Waals surface area contributed by atoms with Crippen molar-refractivity contribution < 1.29 is 14.6 Å². The second kappa shape index (κ2) is 5.52. The monoisotopic (exact) mass is 160 g/mol. The van der Waals surface area contributed by atoms with Crippen molar-refractivity contribution in [3.8, 4) is 0 Å². The van der Waals surface area contributed by atoms with Crippen molar-refractivity contribution in [3.63, 3.8) is 0 Å². The Kier molecular flexibility index (Phi) is 4.50. The zero-order valence-corrected chi connectivity index (χ0v) is 6.79. The summed E-state index contributed by atoms with van der Waals surface area (Å²) in [6.07, 6.45) is 3.19. The molecule has 3 nitrogen and oxygen atoms in total. The van der Waals surface area contributed by atoms with Crippen LogP contribution >= 0.6 is 0 Å². The van der Waals surface area contributed by atoms with E-state index < -0.39 is 0 Å². The van der Waals surface area contributed by atoms with E-state index in [-0.39, 0.29) is 12.7 Å². The molecule has 1 atom stereocenters. The Labute approximate surface area is 67.3 Å². The smallest absolute Gasteiger partial charge is 0.0809 e. The van der Waals surface area contributed by atoms with Crippen LogP contribution in [0.3, 0.4) is 0 Å². The number of hydrogen-bond acceptors (Lipinski definition) is 3. The summed E-state index contributed by atoms with van der Waals surface area (Å²) < 4.78 is 10.6. The Bertz CT molecular complexity index is 89.3. The fourth-order valence-electron chi connectivity index (χ4n) is 1.19. The van der Waals surface area contributed by atoms with Gasteiger partial charge in [-0.15, -0.1) is 0 Å². The lowest BCUT2D eigenvalue weighted by Crippen LogP contribution is -2.28. The number of hydrogen-bond donors (Lipinski definition) is 1. The highest BCUT2D eigenvalue weighted by molar-refractivity contribution is 4.60. The Hall–Kier alpha value is -0.120. The molecule has 1 aliphatic rings. The number of aliphatic hydroxyl groups is 1. The first-order chi connectivity index (χ1) is 5.43. The second-order valence-corrected chi connectivity index (χ2v) is 2.79. The quantitative estimate of drug-likeness (QED) is 0.611. The first-order valence-electron chi connectivity index (χ1n) is 4.23. The van der Waals surface area contributed by atoms with Crippen LogP contribution in [-0.4, -0.2) is 37.6 Å². The van der Waals surface area contributed by atoms with Crippen LogP contribution in [-0.2, 0) is 9.47 Å². The lowest BCUT2D eigenvalue weighted by Gasteiger charge is -2.22. The number of unbranched alkanes of at least 4 members (excludes halogenated alkanes) is 1. The van der Waals surface area contributed by atoms with E-state index in [1.807, 2.05) is 0 Å². The van der Waals surface area contributed by atoms with Crippen LogP contribution in [0.5, 0.6) is 0 Å². The van der Waals surface area contributed by atoms with Crippen LogP contribution in [0.2, 0.25) is 0 Å². The minimum atomic E-state index is 0.273. The summed E-state index contributed by atoms with van der Waals surface area (Å²) in [7, 11) is 0. The van der Waals surface area contributed by atoms with Gasteiger partial charge in [-0.05, 0) is 19.3 Å². The molecule has 1 aliphatic heterocycles. The van der Waals surface area contributed by atoms with Gasteiger partial charge in [0.15, 0.2) is 0 Å². The van der Waals surface area contributed by atoms with Crippen LogP contribution in [0.4, 0.5) is 0 Å². The molecule has 1 saturated heterocycles. The van der Waals surface area contributed by atoms with Gasteiger partial charge in [-0.3, -0.25) is 0 Å². The zero-order valence-electron chi connectivity index (χ0n) is 6.79. The van der Waals surface area contributed by atoms with E-state index in [9.17, 15) is 0 Å². The number of aliphatic hydroxyl groups excluding tert-OH is 1. The predicted molar refractivity (Wildman–Crippen MR) is 41.5 cm³/mol. The standard InChI is InChI=1S/C8H16O3/c9-4-2-1-3-8-7-10-5-6-11-8/h8-9H,1-7H2. The van der Waals surface area contributed by atoms with Crippen molar-refractivity contribution in [2.45, 2.75) is 25.4 Å². The van der Waals surface area contributed by atoms with E-state index in [0.29, 0.717) is 0 Å². The van der Waals surface area contributed by atoms with Gasteiger partial charge < -0.3 is 14.6 Å². The van der Waals surface area contributed by atoms with E-state index in [0.717, 1.165) is 39.1 Å². The SMILES string of the molecule is OCCCCC1COCCO1. The van der Waals surface area contributed by atoms with Crippen molar-refractivity contribution >= 4 is 0 Å². The summed E-state index contributed by atoms with van der Waals surface area (Å²) in [4.78, 5) is 0. The Morgan fingerprint density at radius 1 is 1.27 bits per heavy atom. The maximum absolute atomic E-state index is 8.52. The molecule has 1 fully saturated rings. The lowest BCUT2D eigenvalue weighted by atomic mass is 10.1. The molecule has 11 heavy (non-hydrogen) atoms. The highest BCUT2D eigenvalue weighted by Gasteiger charge is 2.12. The topological polar surface area (TPSA) is 38.7 Å². The minimum Gasteiger partial charge on any atom is -0.396 e. The maximum Gasteiger partial charge on any atom is 0.0809 e. The van der Waals surface area contributed by atoms with E-state index in [4.69, 9.17) is 14.6 Å². The van der Waals surface area contributed by atoms with Gasteiger partial charge in [-0.25, -0.2) is 0 Å². The molecule has 1 heterocycles. The maximum atomic E-state index is 8.52. The summed E-state index contributed by atoms with van der Waals surface area (Å²) >= 11 is 0. The van der Waals surface area contributed by atoms with Crippen LogP contribution in [0.15, 0.2) is 0 Å². The van der Waals surface area contributed by atoms with Gasteiger partial charge in [0.25, 0.3) is 0 Å². The third-order valence-electron chi connectivity index (χ3n) is 1.82. The highest BCUT2D eigenvalue weighted by atomic mass is 16.6. The zero-order chi connectivity index (χ0) is 7.94. The summed E-state index contributed by atoms with van der Waals surface area (Å²) in [5.41, 5.74) is 0. The molecular formula is C8H16O3. The van der Waals surface area contributed by atoms with Crippen LogP contribution < -0.4 is 0 Å². The lowest BCUT2D eigenvalue weighted by molar-refractivity contribution is -0.0913. The summed E-state index contributed by atoms with van der Waals surface area (Å²) in [6.45, 7) is 2.47. The van der Waals surface area contributed by atoms with Crippen LogP contribution in [0.25, 0.3) is 0 Å². The molecule has 1 rings (SSSR count). The van der Waals surface area contributed by atoms with E-state index in [1.54, 1.807) is 0 Å². The van der Waals surface area contributed by atoms with Crippen molar-refractivity contribution in [1.82, 2.24) is 0 Å². The first-order valence-corrected chi connectivity index (χ1v) is 4.23. The molecule has 0 spiro atoms. The number of ether oxygens (including phenoxy) is 2. The van der Waals surface area contributed by atoms with Crippen molar-refractivity contribution in [3.05, 3.63) is 0 Å². The molecule has 0 saturated carbocycles. The molecule has 1 N–H and O–H groups in total. The van der Waals surface area contributed by atoms with Gasteiger partial charge >= 0.3 is 0 Å². The summed E-state index contributed by atoms with van der Waals surface area (Å²) in [6, 6.07) is 0. The van der Waals surface area contributed by atoms with E-state index >= 15 is 0 Å². The molecule has 0 aromatic rings. The van der Waals surface area contributed by atoms with Crippen molar-refractivity contribution in [2.24, 2.45) is 0 Å². The minimum absolute atomic E-state index is 0.273. The second-order valence-electron chi connectivity index (χ2n) is 2.79. The third-order valence-corrected chi connectivity index (χ3v) is 1.82. The average molecular weight is 160 g/mol. The molecule has 0 bridgehead atoms. The normalized spacial score (nSPS) is 25.4. The molecule has 0 radical (unpaired) electrons. The molecule has 3 heteroatoms. The van der Waals surface area contributed by atoms with Gasteiger partial charge in [0.1, 0.15) is 0 Å². The fraction of sp³-hybridized carbons (Fsp3) is 1.00. The molecule has 1 unspecified atom stereocenters. The summed E-state index contributed by atoms with van der Waals surface area (Å²) in [5.74, 6) is 0. The van der Waals surface area contributed by atoms with E-state index in [2.05, 4.69) is 0 Å². The Morgan fingerprint density at radius 3 is 2.82 bits per heavy atom. The van der Waals surface area contributed by atoms with Crippen LogP contribution in [0.1, 0.15) is 19.3 Å². The largest absolute Gasteiger partial charge is 0.396 e. The third kappa shape index (κ3) is 3.70. The van der Waals surface area contributed by atoms with Gasteiger partial charge in [0, 0.05) is 6.61 Å². The molecule has 66 valence electrons. The molecule has 0 aliphatic carbocycles. The molecule has 0 aromatic carbocycles. The van der Waals surface area contributed by atoms with Gasteiger partial charge in [0.05, 0.1) is 25.9 Å². The van der Waals surface area contributed by atoms with Crippen molar-refractivity contribution in [2.75, 3.05) is 26.4 Å². The van der Waals surface area contributed by atoms with Crippen molar-refractivity contribution in [1.29, 1.82) is 0 Å². The van der Waals surface area contributed by atoms with Crippen LogP contribution in [0, 0.1) is 0 Å². The first kappa shape index (κ1) is 8.97. The predicted octanol–water partition coefficient (Wildman–Crippen LogP) is 0.564. The highest BCUT2D eigenvalue weighted by Crippen LogP contribution is 2.08. The molecule has 0 aromatic heterocycles. The van der Waals surface area contributed by atoms with Gasteiger partial charge in [-0.2, -0.15) is 0 Å². The van der Waals surface area contributed by atoms with Gasteiger partial charge in [0.2, 0.25) is 0 Å². The number of rotatable bonds is 4. The fourth-order valence-corrected chi connectivity index (χ4v) is 1.19. The summed E-state index contributed by atoms with van der Waals surface area (Å²) in [5, 5.41) is 8.52.